The zero-order valence-corrected chi connectivity index (χ0v) is 39.9. The minimum absolute atomic E-state index is 0.00815. The number of amides is 1. The van der Waals surface area contributed by atoms with Gasteiger partial charge in [-0.3, -0.25) is 15.2 Å². The molecule has 0 aromatic heterocycles. The van der Waals surface area contributed by atoms with Gasteiger partial charge in [0, 0.05) is 38.4 Å². The number of nitrogens with two attached hydrogens (primary N) is 3. The van der Waals surface area contributed by atoms with Crippen LogP contribution in [0.4, 0.5) is 39.5 Å². The molecule has 1 amide bonds. The first-order chi connectivity index (χ1) is 31.7. The summed E-state index contributed by atoms with van der Waals surface area (Å²) >= 11 is 0. The summed E-state index contributed by atoms with van der Waals surface area (Å²) in [5, 5.41) is 40.2. The van der Waals surface area contributed by atoms with Gasteiger partial charge >= 0.3 is 36.4 Å². The van der Waals surface area contributed by atoms with Crippen molar-refractivity contribution in [3.8, 4) is 0 Å². The Bertz CT molecular complexity index is 1670. The lowest BCUT2D eigenvalue weighted by Gasteiger charge is -2.61. The van der Waals surface area contributed by atoms with Gasteiger partial charge < -0.3 is 48.1 Å². The SMILES string of the molecule is CC(C)CCC[C@@H](C)[C@H]1CC[C@H]2[C@@H]3CCC4C/C(=N\NC(=O)CNCCN(CCNCCN=C(N)N)C(=N)N)CC[C@]4(C)[C@H]3CC[C@]12C.O=C(O)C(F)(F)F.O=C(O)C(F)(F)F.O=C(O)C(F)(F)F. The number of carboxylic acid groups (broad SMARTS) is 3. The van der Waals surface area contributed by atoms with Gasteiger partial charge in [-0.15, -0.1) is 0 Å². The summed E-state index contributed by atoms with van der Waals surface area (Å²) in [6.45, 7) is 16.2. The van der Waals surface area contributed by atoms with Crippen molar-refractivity contribution < 1.29 is 74.0 Å². The van der Waals surface area contributed by atoms with Gasteiger partial charge in [-0.1, -0.05) is 53.9 Å². The van der Waals surface area contributed by atoms with Gasteiger partial charge in [-0.05, 0) is 110 Å². The number of carboxylic acids is 3. The third-order valence-corrected chi connectivity index (χ3v) is 14.1. The Kier molecular flexibility index (Phi) is 25.0. The summed E-state index contributed by atoms with van der Waals surface area (Å²) in [4.78, 5) is 45.0. The van der Waals surface area contributed by atoms with Crippen LogP contribution < -0.4 is 33.3 Å². The van der Waals surface area contributed by atoms with Crippen LogP contribution in [0, 0.1) is 57.7 Å². The minimum atomic E-state index is -5.08. The average Bonchev–Trinajstić information content (AvgIpc) is 3.58. The summed E-state index contributed by atoms with van der Waals surface area (Å²) in [7, 11) is 0. The molecule has 4 fully saturated rings. The lowest BCUT2D eigenvalue weighted by Crippen LogP contribution is -2.54. The van der Waals surface area contributed by atoms with Gasteiger partial charge in [0.05, 0.1) is 13.1 Å². The van der Waals surface area contributed by atoms with E-state index in [4.69, 9.17) is 52.3 Å². The Hall–Kier alpha value is -4.62. The van der Waals surface area contributed by atoms with Gasteiger partial charge in [0.25, 0.3) is 5.91 Å². The van der Waals surface area contributed by atoms with Crippen molar-refractivity contribution in [2.24, 2.45) is 79.6 Å². The van der Waals surface area contributed by atoms with Gasteiger partial charge in [0.15, 0.2) is 11.9 Å². The van der Waals surface area contributed by atoms with E-state index in [1.165, 1.54) is 64.2 Å². The molecule has 4 rings (SSSR count). The van der Waals surface area contributed by atoms with Crippen LogP contribution in [0.5, 0.6) is 0 Å². The zero-order chi connectivity index (χ0) is 53.1. The number of aliphatic carboxylic acids is 3. The third kappa shape index (κ3) is 21.1. The monoisotopic (exact) mass is 1010 g/mol. The number of aliphatic imine (C=N–C) groups is 1. The molecule has 0 aromatic rings. The van der Waals surface area contributed by atoms with E-state index < -0.39 is 36.4 Å². The molecule has 0 spiro atoms. The van der Waals surface area contributed by atoms with Crippen LogP contribution in [0.25, 0.3) is 0 Å². The van der Waals surface area contributed by atoms with E-state index in [0.717, 1.165) is 54.1 Å². The Morgan fingerprint density at radius 2 is 1.28 bits per heavy atom. The first-order valence-electron chi connectivity index (χ1n) is 23.0. The van der Waals surface area contributed by atoms with Crippen LogP contribution in [0.1, 0.15) is 112 Å². The molecule has 0 radical (unpaired) electrons. The Morgan fingerprint density at radius 3 is 1.77 bits per heavy atom. The average molecular weight is 1010 g/mol. The summed E-state index contributed by atoms with van der Waals surface area (Å²) in [6.07, 6.45) is 0.586. The number of hydrazone groups is 1. The van der Waals surface area contributed by atoms with Crippen LogP contribution in [0.15, 0.2) is 10.1 Å². The molecule has 4 aliphatic carbocycles. The van der Waals surface area contributed by atoms with E-state index in [2.05, 4.69) is 60.8 Å². The van der Waals surface area contributed by atoms with Crippen LogP contribution in [-0.2, 0) is 19.2 Å². The molecule has 69 heavy (non-hydrogen) atoms. The third-order valence-electron chi connectivity index (χ3n) is 14.1. The van der Waals surface area contributed by atoms with Crippen LogP contribution >= 0.6 is 0 Å². The number of hydrogen-bond donors (Lipinski definition) is 10. The highest BCUT2D eigenvalue weighted by Crippen LogP contribution is 2.68. The highest BCUT2D eigenvalue weighted by atomic mass is 19.4. The standard InChI is InChI=1S/C37H70N10O.3C2HF3O2/c1-25(2)7-6-8-26(3)30-11-12-31-29-10-9-27-23-28(13-15-36(27,4)32(29)14-16-37(30,31)5)45-46-33(48)24-43-20-22-47(35(40)41)21-19-42-17-18-44-34(38)39;3*3-2(4,5)1(6)7/h25-27,29-32,42-43H,6-24H2,1-5H3,(H3,40,41)(H,46,48)(H4,38,39,44);3*(H,6,7)/b45-28-;;;/t26-,27?,29+,30-,31+,32+,36+,37-;;;/m1.../s1. The second-order valence-electron chi connectivity index (χ2n) is 19.1. The number of hydrogen-bond acceptors (Lipinski definition) is 9. The molecular formula is C43H73F9N10O7. The van der Waals surface area contributed by atoms with E-state index in [-0.39, 0.29) is 24.4 Å². The minimum Gasteiger partial charge on any atom is -0.475 e. The van der Waals surface area contributed by atoms with Crippen LogP contribution in [0.2, 0.25) is 0 Å². The molecule has 8 atom stereocenters. The quantitative estimate of drug-likeness (QED) is 0.0258. The molecule has 4 aliphatic rings. The first-order valence-corrected chi connectivity index (χ1v) is 23.0. The zero-order valence-electron chi connectivity index (χ0n) is 39.9. The summed E-state index contributed by atoms with van der Waals surface area (Å²) in [5.41, 5.74) is 21.4. The number of rotatable bonds is 17. The highest BCUT2D eigenvalue weighted by Gasteiger charge is 2.60. The summed E-state index contributed by atoms with van der Waals surface area (Å²) in [6, 6.07) is 0. The van der Waals surface area contributed by atoms with Crippen LogP contribution in [-0.4, -0.2) is 126 Å². The molecule has 13 N–H and O–H groups in total. The predicted octanol–water partition coefficient (Wildman–Crippen LogP) is 6.13. The smallest absolute Gasteiger partial charge is 0.475 e. The van der Waals surface area contributed by atoms with E-state index in [0.29, 0.717) is 56.0 Å². The fourth-order valence-corrected chi connectivity index (χ4v) is 10.7. The van der Waals surface area contributed by atoms with E-state index in [1.54, 1.807) is 4.90 Å². The Labute approximate surface area is 396 Å². The number of nitrogens with one attached hydrogen (secondary N) is 4. The fourth-order valence-electron chi connectivity index (χ4n) is 10.7. The molecule has 400 valence electrons. The van der Waals surface area contributed by atoms with Crippen molar-refractivity contribution in [3.63, 3.8) is 0 Å². The lowest BCUT2D eigenvalue weighted by atomic mass is 9.44. The van der Waals surface area contributed by atoms with Gasteiger partial charge in [0.2, 0.25) is 0 Å². The van der Waals surface area contributed by atoms with Crippen molar-refractivity contribution >= 4 is 41.4 Å². The number of fused-ring (bicyclic) bond motifs is 5. The number of halogens is 9. The van der Waals surface area contributed by atoms with Crippen molar-refractivity contribution in [2.75, 3.05) is 45.8 Å². The van der Waals surface area contributed by atoms with Crippen molar-refractivity contribution in [1.82, 2.24) is 21.0 Å². The van der Waals surface area contributed by atoms with Gasteiger partial charge in [-0.2, -0.15) is 44.6 Å². The molecule has 0 bridgehead atoms. The molecule has 1 unspecified atom stereocenters. The molecular weight excluding hydrogens is 940 g/mol. The van der Waals surface area contributed by atoms with Crippen molar-refractivity contribution in [3.05, 3.63) is 0 Å². The predicted molar refractivity (Wildman–Crippen MR) is 240 cm³/mol. The second-order valence-corrected chi connectivity index (χ2v) is 19.1. The summed E-state index contributed by atoms with van der Waals surface area (Å²) in [5.74, 6) is -2.39. The van der Waals surface area contributed by atoms with Gasteiger partial charge in [-0.25, -0.2) is 19.8 Å². The molecule has 17 nitrogen and oxygen atoms in total. The number of guanidine groups is 2. The van der Waals surface area contributed by atoms with Crippen molar-refractivity contribution in [2.45, 2.75) is 130 Å². The van der Waals surface area contributed by atoms with Crippen molar-refractivity contribution in [1.29, 1.82) is 5.41 Å². The molecule has 0 aliphatic heterocycles. The number of carbonyl (C=O) groups excluding carboxylic acids is 1. The highest BCUT2D eigenvalue weighted by molar-refractivity contribution is 5.87. The molecule has 0 heterocycles. The Morgan fingerprint density at radius 1 is 0.754 bits per heavy atom. The van der Waals surface area contributed by atoms with Crippen LogP contribution in [0.3, 0.4) is 0 Å². The van der Waals surface area contributed by atoms with Gasteiger partial charge in [0.1, 0.15) is 0 Å². The normalized spacial score (nSPS) is 26.1. The Balaban J connectivity index is 0.000000938. The van der Waals surface area contributed by atoms with E-state index in [9.17, 15) is 44.3 Å². The maximum atomic E-state index is 12.6. The number of alkyl halides is 9. The fraction of sp³-hybridized carbons (Fsp3) is 0.837. The second kappa shape index (κ2) is 27.7. The molecule has 4 saturated carbocycles. The maximum absolute atomic E-state index is 12.6. The molecule has 26 heteroatoms. The number of nitrogens with zero attached hydrogens (tertiary/aromatic N) is 3. The van der Waals surface area contributed by atoms with E-state index in [1.807, 2.05) is 0 Å². The topological polar surface area (TPSA) is 295 Å². The summed E-state index contributed by atoms with van der Waals surface area (Å²) < 4.78 is 95.2. The largest absolute Gasteiger partial charge is 0.490 e. The first kappa shape index (κ1) is 62.4. The molecule has 0 aromatic carbocycles. The van der Waals surface area contributed by atoms with E-state index >= 15 is 0 Å². The number of carbonyl (C=O) groups is 4. The molecule has 0 saturated heterocycles. The maximum Gasteiger partial charge on any atom is 0.490 e. The lowest BCUT2D eigenvalue weighted by molar-refractivity contribution is -0.193.